The fraction of sp³-hybridized carbons (Fsp3) is 0.167. The highest BCUT2D eigenvalue weighted by Gasteiger charge is 2.29. The van der Waals surface area contributed by atoms with Gasteiger partial charge < -0.3 is 5.32 Å². The summed E-state index contributed by atoms with van der Waals surface area (Å²) in [4.78, 5) is 11.9. The average Bonchev–Trinajstić information content (AvgIpc) is 2.53. The van der Waals surface area contributed by atoms with Crippen LogP contribution < -0.4 is 5.32 Å². The number of rotatable bonds is 4. The maximum atomic E-state index is 12.9. The number of nitrogens with one attached hydrogen (secondary N) is 1. The maximum Gasteiger partial charge on any atom is 0.416 e. The molecule has 0 aliphatic rings. The molecule has 0 spiro atoms. The van der Waals surface area contributed by atoms with Crippen LogP contribution >= 0.6 is 0 Å². The quantitative estimate of drug-likeness (QED) is 0.643. The van der Waals surface area contributed by atoms with E-state index in [1.165, 1.54) is 30.3 Å². The molecule has 0 aromatic heterocycles. The van der Waals surface area contributed by atoms with Gasteiger partial charge in [-0.1, -0.05) is 24.3 Å². The summed E-state index contributed by atoms with van der Waals surface area (Å²) in [5.41, 5.74) is 1.19. The van der Waals surface area contributed by atoms with Crippen molar-refractivity contribution in [2.45, 2.75) is 19.6 Å². The Morgan fingerprint density at radius 3 is 2.17 bits per heavy atom. The van der Waals surface area contributed by atoms with E-state index in [1.54, 1.807) is 19.1 Å². The Morgan fingerprint density at radius 1 is 1.04 bits per heavy atom. The molecular formula is C18H15F4NO. The van der Waals surface area contributed by atoms with E-state index in [4.69, 9.17) is 0 Å². The molecule has 2 aromatic carbocycles. The fourth-order valence-corrected chi connectivity index (χ4v) is 2.04. The first-order valence-electron chi connectivity index (χ1n) is 7.14. The zero-order valence-corrected chi connectivity index (χ0v) is 12.8. The van der Waals surface area contributed by atoms with E-state index in [2.05, 4.69) is 5.32 Å². The van der Waals surface area contributed by atoms with Crippen LogP contribution in [0.4, 0.5) is 17.6 Å². The molecule has 0 saturated heterocycles. The van der Waals surface area contributed by atoms with Gasteiger partial charge in [0, 0.05) is 12.6 Å². The van der Waals surface area contributed by atoms with Crippen molar-refractivity contribution in [1.29, 1.82) is 0 Å². The summed E-state index contributed by atoms with van der Waals surface area (Å²) in [7, 11) is 0. The van der Waals surface area contributed by atoms with Crippen molar-refractivity contribution in [3.63, 3.8) is 0 Å². The highest BCUT2D eigenvalue weighted by Crippen LogP contribution is 2.29. The van der Waals surface area contributed by atoms with Gasteiger partial charge in [-0.25, -0.2) is 4.39 Å². The summed E-state index contributed by atoms with van der Waals surface area (Å²) < 4.78 is 50.2. The van der Waals surface area contributed by atoms with Gasteiger partial charge in [-0.3, -0.25) is 4.79 Å². The van der Waals surface area contributed by atoms with E-state index in [-0.39, 0.29) is 18.3 Å². The smallest absolute Gasteiger partial charge is 0.348 e. The first-order valence-corrected chi connectivity index (χ1v) is 7.14. The van der Waals surface area contributed by atoms with Crippen LogP contribution in [0.25, 0.3) is 5.57 Å². The van der Waals surface area contributed by atoms with Crippen LogP contribution in [-0.4, -0.2) is 5.91 Å². The number of amides is 1. The van der Waals surface area contributed by atoms with Gasteiger partial charge in [-0.05, 0) is 47.9 Å². The number of hydrogen-bond donors (Lipinski definition) is 1. The summed E-state index contributed by atoms with van der Waals surface area (Å²) >= 11 is 0. The number of hydrogen-bond acceptors (Lipinski definition) is 1. The van der Waals surface area contributed by atoms with Crippen molar-refractivity contribution < 1.29 is 22.4 Å². The van der Waals surface area contributed by atoms with Gasteiger partial charge in [0.15, 0.2) is 0 Å². The van der Waals surface area contributed by atoms with Gasteiger partial charge in [0.25, 0.3) is 0 Å². The minimum absolute atomic E-state index is 0.115. The maximum absolute atomic E-state index is 12.9. The molecule has 24 heavy (non-hydrogen) atoms. The third kappa shape index (κ3) is 4.94. The number of carbonyl (C=O) groups is 1. The third-order valence-electron chi connectivity index (χ3n) is 3.40. The Hall–Kier alpha value is -2.63. The molecule has 6 heteroatoms. The molecule has 0 atom stereocenters. The molecule has 0 aliphatic heterocycles. The third-order valence-corrected chi connectivity index (χ3v) is 3.40. The van der Waals surface area contributed by atoms with Crippen LogP contribution in [-0.2, 0) is 17.5 Å². The van der Waals surface area contributed by atoms with Crippen molar-refractivity contribution in [3.05, 3.63) is 77.1 Å². The minimum Gasteiger partial charge on any atom is -0.348 e. The zero-order chi connectivity index (χ0) is 17.7. The first-order chi connectivity index (χ1) is 11.3. The number of halogens is 4. The van der Waals surface area contributed by atoms with Gasteiger partial charge in [-0.15, -0.1) is 0 Å². The molecule has 0 aliphatic carbocycles. The van der Waals surface area contributed by atoms with Crippen LogP contribution in [0.5, 0.6) is 0 Å². The summed E-state index contributed by atoms with van der Waals surface area (Å²) in [6.07, 6.45) is -3.02. The Labute approximate surface area is 136 Å². The summed E-state index contributed by atoms with van der Waals surface area (Å²) in [6, 6.07) is 10.3. The molecular weight excluding hydrogens is 322 g/mol. The molecule has 0 heterocycles. The van der Waals surface area contributed by atoms with Crippen LogP contribution in [0.2, 0.25) is 0 Å². The van der Waals surface area contributed by atoms with Crippen molar-refractivity contribution in [2.75, 3.05) is 0 Å². The molecule has 0 radical (unpaired) electrons. The normalized spacial score (nSPS) is 12.1. The lowest BCUT2D eigenvalue weighted by atomic mass is 10.1. The first kappa shape index (κ1) is 17.7. The van der Waals surface area contributed by atoms with E-state index < -0.39 is 11.7 Å². The Balaban J connectivity index is 1.95. The van der Waals surface area contributed by atoms with E-state index in [0.29, 0.717) is 16.7 Å². The standard InChI is InChI=1S/C18H15F4NO/c1-12(14-4-8-16(19)9-5-14)10-17(24)23-11-13-2-6-15(7-3-13)18(20,21)22/h2-10H,11H2,1H3,(H,23,24)/b12-10+. The molecule has 2 nitrogen and oxygen atoms in total. The lowest BCUT2D eigenvalue weighted by Gasteiger charge is -2.08. The molecule has 0 saturated carbocycles. The lowest BCUT2D eigenvalue weighted by molar-refractivity contribution is -0.137. The number of carbonyl (C=O) groups excluding carboxylic acids is 1. The van der Waals surface area contributed by atoms with Crippen molar-refractivity contribution in [2.24, 2.45) is 0 Å². The van der Waals surface area contributed by atoms with Crippen molar-refractivity contribution >= 4 is 11.5 Å². The Bertz CT molecular complexity index is 731. The monoisotopic (exact) mass is 337 g/mol. The molecule has 0 fully saturated rings. The second kappa shape index (κ2) is 7.29. The summed E-state index contributed by atoms with van der Waals surface area (Å²) in [5.74, 6) is -0.741. The van der Waals surface area contributed by atoms with Gasteiger partial charge in [0.1, 0.15) is 5.82 Å². The van der Waals surface area contributed by atoms with Gasteiger partial charge in [0.05, 0.1) is 5.56 Å². The Kier molecular flexibility index (Phi) is 5.39. The molecule has 2 rings (SSSR count). The van der Waals surface area contributed by atoms with Crippen LogP contribution in [0.3, 0.4) is 0 Å². The average molecular weight is 337 g/mol. The van der Waals surface area contributed by atoms with E-state index in [1.807, 2.05) is 0 Å². The largest absolute Gasteiger partial charge is 0.416 e. The second-order valence-electron chi connectivity index (χ2n) is 5.25. The second-order valence-corrected chi connectivity index (χ2v) is 5.25. The van der Waals surface area contributed by atoms with Gasteiger partial charge >= 0.3 is 6.18 Å². The fourth-order valence-electron chi connectivity index (χ4n) is 2.04. The number of allylic oxidation sites excluding steroid dienone is 1. The van der Waals surface area contributed by atoms with E-state index in [0.717, 1.165) is 12.1 Å². The van der Waals surface area contributed by atoms with Crippen LogP contribution in [0, 0.1) is 5.82 Å². The van der Waals surface area contributed by atoms with Crippen LogP contribution in [0.1, 0.15) is 23.6 Å². The molecule has 0 bridgehead atoms. The highest BCUT2D eigenvalue weighted by molar-refractivity contribution is 5.94. The molecule has 1 N–H and O–H groups in total. The molecule has 2 aromatic rings. The summed E-state index contributed by atoms with van der Waals surface area (Å²) in [5, 5.41) is 2.60. The predicted molar refractivity (Wildman–Crippen MR) is 83.3 cm³/mol. The predicted octanol–water partition coefficient (Wildman–Crippen LogP) is 4.56. The summed E-state index contributed by atoms with van der Waals surface area (Å²) in [6.45, 7) is 1.83. The SMILES string of the molecule is C/C(=C\C(=O)NCc1ccc(C(F)(F)F)cc1)c1ccc(F)cc1. The topological polar surface area (TPSA) is 29.1 Å². The van der Waals surface area contributed by atoms with Gasteiger partial charge in [0.2, 0.25) is 5.91 Å². The number of benzene rings is 2. The zero-order valence-electron chi connectivity index (χ0n) is 12.8. The van der Waals surface area contributed by atoms with E-state index >= 15 is 0 Å². The lowest BCUT2D eigenvalue weighted by Crippen LogP contribution is -2.20. The molecule has 0 unspecified atom stereocenters. The minimum atomic E-state index is -4.38. The number of alkyl halides is 3. The Morgan fingerprint density at radius 2 is 1.62 bits per heavy atom. The van der Waals surface area contributed by atoms with Gasteiger partial charge in [-0.2, -0.15) is 13.2 Å². The van der Waals surface area contributed by atoms with Crippen molar-refractivity contribution in [3.8, 4) is 0 Å². The molecule has 126 valence electrons. The van der Waals surface area contributed by atoms with Crippen molar-refractivity contribution in [1.82, 2.24) is 5.32 Å². The molecule has 1 amide bonds. The van der Waals surface area contributed by atoms with E-state index in [9.17, 15) is 22.4 Å². The highest BCUT2D eigenvalue weighted by atomic mass is 19.4. The van der Waals surface area contributed by atoms with Crippen LogP contribution in [0.15, 0.2) is 54.6 Å².